The fourth-order valence-electron chi connectivity index (χ4n) is 3.87. The van der Waals surface area contributed by atoms with Crippen molar-refractivity contribution in [3.63, 3.8) is 0 Å². The Kier molecular flexibility index (Phi) is 6.87. The minimum atomic E-state index is -0.328. The molecule has 2 N–H and O–H groups in total. The van der Waals surface area contributed by atoms with Gasteiger partial charge in [0.1, 0.15) is 17.0 Å². The summed E-state index contributed by atoms with van der Waals surface area (Å²) < 4.78 is 16.1. The van der Waals surface area contributed by atoms with Gasteiger partial charge in [-0.05, 0) is 36.1 Å². The third-order valence-corrected chi connectivity index (χ3v) is 5.73. The average molecular weight is 440 g/mol. The average Bonchev–Trinajstić information content (AvgIpc) is 3.26. The van der Waals surface area contributed by atoms with E-state index in [0.29, 0.717) is 37.2 Å². The van der Waals surface area contributed by atoms with Crippen LogP contribution < -0.4 is 15.0 Å². The van der Waals surface area contributed by atoms with Gasteiger partial charge < -0.3 is 24.1 Å². The van der Waals surface area contributed by atoms with Gasteiger partial charge in [0, 0.05) is 26.8 Å². The topological polar surface area (TPSA) is 102 Å². The fourth-order valence-corrected chi connectivity index (χ4v) is 3.87. The van der Waals surface area contributed by atoms with Crippen LogP contribution in [0.3, 0.4) is 0 Å². The van der Waals surface area contributed by atoms with Crippen molar-refractivity contribution in [2.24, 2.45) is 0 Å². The lowest BCUT2D eigenvalue weighted by molar-refractivity contribution is 0.102. The number of amides is 1. The number of carbonyl (C=O) groups is 1. The predicted octanol–water partition coefficient (Wildman–Crippen LogP) is 3.20. The zero-order valence-electron chi connectivity index (χ0n) is 18.7. The zero-order valence-corrected chi connectivity index (χ0v) is 18.7. The monoisotopic (exact) mass is 439 g/mol. The summed E-state index contributed by atoms with van der Waals surface area (Å²) in [5.74, 6) is 0.938. The molecule has 0 radical (unpaired) electrons. The van der Waals surface area contributed by atoms with Crippen LogP contribution in [0.1, 0.15) is 35.3 Å². The Morgan fingerprint density at radius 3 is 2.75 bits per heavy atom. The van der Waals surface area contributed by atoms with Crippen LogP contribution in [0.15, 0.2) is 30.5 Å². The van der Waals surface area contributed by atoms with Crippen LogP contribution in [0.5, 0.6) is 5.75 Å². The SMILES string of the molecule is COCCC(C)c1ccc(OC)c2[nH]c(NC(=O)c3ccc(N4CCOCC4)cn3)nc12. The third kappa shape index (κ3) is 4.68. The molecule has 1 aromatic carbocycles. The number of anilines is 2. The summed E-state index contributed by atoms with van der Waals surface area (Å²) >= 11 is 0. The Labute approximate surface area is 187 Å². The number of aromatic nitrogens is 3. The normalized spacial score (nSPS) is 15.0. The quantitative estimate of drug-likeness (QED) is 0.556. The van der Waals surface area contributed by atoms with Crippen molar-refractivity contribution in [3.8, 4) is 5.75 Å². The number of rotatable bonds is 8. The Morgan fingerprint density at radius 1 is 1.25 bits per heavy atom. The minimum Gasteiger partial charge on any atom is -0.494 e. The lowest BCUT2D eigenvalue weighted by Crippen LogP contribution is -2.36. The molecule has 0 saturated carbocycles. The summed E-state index contributed by atoms with van der Waals surface area (Å²) in [4.78, 5) is 27.1. The molecular formula is C23H29N5O4. The molecule has 32 heavy (non-hydrogen) atoms. The van der Waals surface area contributed by atoms with Gasteiger partial charge >= 0.3 is 0 Å². The second-order valence-electron chi connectivity index (χ2n) is 7.80. The highest BCUT2D eigenvalue weighted by Crippen LogP contribution is 2.33. The molecule has 170 valence electrons. The van der Waals surface area contributed by atoms with Gasteiger partial charge in [0.2, 0.25) is 5.95 Å². The van der Waals surface area contributed by atoms with E-state index in [9.17, 15) is 4.79 Å². The van der Waals surface area contributed by atoms with Crippen LogP contribution in [0.2, 0.25) is 0 Å². The van der Waals surface area contributed by atoms with Gasteiger partial charge in [-0.3, -0.25) is 10.1 Å². The smallest absolute Gasteiger partial charge is 0.276 e. The molecule has 3 heterocycles. The number of H-pyrrole nitrogens is 1. The van der Waals surface area contributed by atoms with Crippen LogP contribution >= 0.6 is 0 Å². The van der Waals surface area contributed by atoms with Gasteiger partial charge in [0.25, 0.3) is 5.91 Å². The van der Waals surface area contributed by atoms with Crippen molar-refractivity contribution in [3.05, 3.63) is 41.7 Å². The number of hydrogen-bond donors (Lipinski definition) is 2. The molecular weight excluding hydrogens is 410 g/mol. The van der Waals surface area contributed by atoms with Crippen LogP contribution in [0.4, 0.5) is 11.6 Å². The minimum absolute atomic E-state index is 0.240. The van der Waals surface area contributed by atoms with E-state index < -0.39 is 0 Å². The predicted molar refractivity (Wildman–Crippen MR) is 123 cm³/mol. The first-order chi connectivity index (χ1) is 15.6. The van der Waals surface area contributed by atoms with Crippen molar-refractivity contribution >= 4 is 28.6 Å². The van der Waals surface area contributed by atoms with Crippen LogP contribution in [0.25, 0.3) is 11.0 Å². The van der Waals surface area contributed by atoms with Crippen LogP contribution in [0, 0.1) is 0 Å². The van der Waals surface area contributed by atoms with Crippen molar-refractivity contribution in [1.29, 1.82) is 0 Å². The highest BCUT2D eigenvalue weighted by atomic mass is 16.5. The molecule has 1 atom stereocenters. The first kappa shape index (κ1) is 22.0. The Bertz CT molecular complexity index is 1060. The molecule has 0 spiro atoms. The van der Waals surface area contributed by atoms with Crippen molar-refractivity contribution < 1.29 is 19.0 Å². The molecule has 1 unspecified atom stereocenters. The summed E-state index contributed by atoms with van der Waals surface area (Å²) in [6.45, 7) is 5.83. The number of imidazole rings is 1. The Balaban J connectivity index is 1.53. The molecule has 9 nitrogen and oxygen atoms in total. The molecule has 9 heteroatoms. The number of nitrogens with zero attached hydrogens (tertiary/aromatic N) is 3. The first-order valence-corrected chi connectivity index (χ1v) is 10.8. The third-order valence-electron chi connectivity index (χ3n) is 5.73. The molecule has 4 rings (SSSR count). The zero-order chi connectivity index (χ0) is 22.5. The standard InChI is InChI=1S/C23H29N5O4/c1-15(8-11-30-2)17-5-7-19(31-3)21-20(17)25-23(26-21)27-22(29)18-6-4-16(14-24-18)28-9-12-32-13-10-28/h4-7,14-15H,8-13H2,1-3H3,(H2,25,26,27,29). The summed E-state index contributed by atoms with van der Waals surface area (Å²) in [5, 5.41) is 2.83. The van der Waals surface area contributed by atoms with Gasteiger partial charge in [0.15, 0.2) is 0 Å². The van der Waals surface area contributed by atoms with E-state index in [1.165, 1.54) is 0 Å². The van der Waals surface area contributed by atoms with E-state index in [1.807, 2.05) is 18.2 Å². The number of methoxy groups -OCH3 is 2. The van der Waals surface area contributed by atoms with Gasteiger partial charge in [-0.1, -0.05) is 13.0 Å². The molecule has 1 aliphatic heterocycles. The number of ether oxygens (including phenoxy) is 3. The lowest BCUT2D eigenvalue weighted by Gasteiger charge is -2.28. The maximum absolute atomic E-state index is 12.8. The molecule has 2 aromatic heterocycles. The number of aromatic amines is 1. The maximum Gasteiger partial charge on any atom is 0.276 e. The second-order valence-corrected chi connectivity index (χ2v) is 7.80. The van der Waals surface area contributed by atoms with Crippen molar-refractivity contribution in [2.75, 3.05) is 57.3 Å². The van der Waals surface area contributed by atoms with E-state index in [1.54, 1.807) is 26.5 Å². The number of pyridine rings is 1. The number of fused-ring (bicyclic) bond motifs is 1. The highest BCUT2D eigenvalue weighted by Gasteiger charge is 2.19. The van der Waals surface area contributed by atoms with Crippen LogP contribution in [-0.2, 0) is 9.47 Å². The van der Waals surface area contributed by atoms with Crippen molar-refractivity contribution in [1.82, 2.24) is 15.0 Å². The summed E-state index contributed by atoms with van der Waals surface area (Å²) in [7, 11) is 3.31. The van der Waals surface area contributed by atoms with E-state index in [4.69, 9.17) is 14.2 Å². The molecule has 0 bridgehead atoms. The number of carbonyl (C=O) groups excluding carboxylic acids is 1. The van der Waals surface area contributed by atoms with E-state index >= 15 is 0 Å². The molecule has 1 aliphatic rings. The Morgan fingerprint density at radius 2 is 2.06 bits per heavy atom. The summed E-state index contributed by atoms with van der Waals surface area (Å²) in [6, 6.07) is 7.56. The number of hydrogen-bond acceptors (Lipinski definition) is 7. The number of morpholine rings is 1. The van der Waals surface area contributed by atoms with Gasteiger partial charge in [0.05, 0.1) is 37.7 Å². The number of nitrogens with one attached hydrogen (secondary N) is 2. The van der Waals surface area contributed by atoms with E-state index in [2.05, 4.69) is 32.1 Å². The van der Waals surface area contributed by atoms with Crippen LogP contribution in [-0.4, -0.2) is 68.0 Å². The summed E-state index contributed by atoms with van der Waals surface area (Å²) in [5.41, 5.74) is 3.90. The van der Waals surface area contributed by atoms with Gasteiger partial charge in [-0.25, -0.2) is 9.97 Å². The Hall–Kier alpha value is -3.17. The molecule has 0 aliphatic carbocycles. The van der Waals surface area contributed by atoms with E-state index in [0.717, 1.165) is 41.8 Å². The first-order valence-electron chi connectivity index (χ1n) is 10.8. The fraction of sp³-hybridized carbons (Fsp3) is 0.435. The number of benzene rings is 1. The molecule has 1 amide bonds. The lowest BCUT2D eigenvalue weighted by atomic mass is 9.96. The molecule has 1 fully saturated rings. The highest BCUT2D eigenvalue weighted by molar-refractivity contribution is 6.03. The second kappa shape index (κ2) is 9.97. The molecule has 3 aromatic rings. The largest absolute Gasteiger partial charge is 0.494 e. The van der Waals surface area contributed by atoms with Crippen molar-refractivity contribution in [2.45, 2.75) is 19.3 Å². The maximum atomic E-state index is 12.8. The van der Waals surface area contributed by atoms with Gasteiger partial charge in [-0.15, -0.1) is 0 Å². The van der Waals surface area contributed by atoms with Gasteiger partial charge in [-0.2, -0.15) is 0 Å². The van der Waals surface area contributed by atoms with E-state index in [-0.39, 0.29) is 11.8 Å². The molecule has 1 saturated heterocycles. The summed E-state index contributed by atoms with van der Waals surface area (Å²) in [6.07, 6.45) is 2.59.